The van der Waals surface area contributed by atoms with Gasteiger partial charge in [0, 0.05) is 20.0 Å². The van der Waals surface area contributed by atoms with E-state index in [9.17, 15) is 14.0 Å². The van der Waals surface area contributed by atoms with E-state index in [2.05, 4.69) is 4.52 Å². The van der Waals surface area contributed by atoms with E-state index < -0.39 is 39.8 Å². The van der Waals surface area contributed by atoms with Gasteiger partial charge in [0.2, 0.25) is 0 Å². The molecule has 0 amide bonds. The molecule has 11 heteroatoms. The zero-order valence-corrected chi connectivity index (χ0v) is 12.9. The Morgan fingerprint density at radius 3 is 2.20 bits per heavy atom. The lowest BCUT2D eigenvalue weighted by atomic mass is 10.1. The topological polar surface area (TPSA) is 132 Å². The van der Waals surface area contributed by atoms with Crippen LogP contribution in [0.5, 0.6) is 0 Å². The van der Waals surface area contributed by atoms with Crippen molar-refractivity contribution in [1.29, 1.82) is 0 Å². The van der Waals surface area contributed by atoms with Crippen LogP contribution < -0.4 is 0 Å². The smallest absolute Gasteiger partial charge is 0.376 e. The third kappa shape index (κ3) is 5.04. The van der Waals surface area contributed by atoms with Crippen LogP contribution in [0, 0.1) is 0 Å². The van der Waals surface area contributed by atoms with Gasteiger partial charge in [-0.3, -0.25) is 13.6 Å². The van der Waals surface area contributed by atoms with E-state index >= 15 is 0 Å². The minimum atomic E-state index is -4.37. The number of phosphoric ester groups is 1. The van der Waals surface area contributed by atoms with Crippen LogP contribution >= 0.6 is 15.4 Å². The van der Waals surface area contributed by atoms with E-state index in [0.717, 1.165) is 13.2 Å². The molecular weight excluding hydrogens is 314 g/mol. The Labute approximate surface area is 116 Å². The summed E-state index contributed by atoms with van der Waals surface area (Å²) in [5.74, 6) is 0.647. The minimum Gasteiger partial charge on any atom is -0.376 e. The Morgan fingerprint density at radius 2 is 1.75 bits per heavy atom. The zero-order valence-electron chi connectivity index (χ0n) is 11.1. The predicted octanol–water partition coefficient (Wildman–Crippen LogP) is 0.612. The highest BCUT2D eigenvalue weighted by Gasteiger charge is 2.46. The van der Waals surface area contributed by atoms with E-state index in [1.165, 1.54) is 7.11 Å². The number of ether oxygens (including phenoxy) is 2. The molecule has 1 fully saturated rings. The second-order valence-electron chi connectivity index (χ2n) is 4.16. The molecule has 20 heavy (non-hydrogen) atoms. The molecule has 2 unspecified atom stereocenters. The van der Waals surface area contributed by atoms with E-state index in [4.69, 9.17) is 23.8 Å². The zero-order chi connectivity index (χ0) is 15.6. The molecule has 0 bridgehead atoms. The third-order valence-corrected chi connectivity index (χ3v) is 4.24. The van der Waals surface area contributed by atoms with E-state index in [1.54, 1.807) is 6.92 Å². The monoisotopic (exact) mass is 332 g/mol. The number of hydrogen-bond donors (Lipinski definition) is 3. The quantitative estimate of drug-likeness (QED) is 0.598. The molecule has 0 aliphatic carbocycles. The summed E-state index contributed by atoms with van der Waals surface area (Å²) in [6.45, 7) is 1.64. The minimum absolute atomic E-state index is 0.492. The molecule has 9 nitrogen and oxygen atoms in total. The molecule has 0 radical (unpaired) electrons. The summed E-state index contributed by atoms with van der Waals surface area (Å²) in [5, 5.41) is 0. The largest absolute Gasteiger partial charge is 0.472 e. The van der Waals surface area contributed by atoms with Gasteiger partial charge < -0.3 is 24.2 Å². The van der Waals surface area contributed by atoms with Gasteiger partial charge in [-0.2, -0.15) is 0 Å². The SMILES string of the molecule is COC1[C@H](C)O[C@H](/C=C/P(=O)(O)O)[C@@H]1OP(=O)(O)OC. The second-order valence-corrected chi connectivity index (χ2v) is 7.15. The molecule has 1 heterocycles. The molecule has 0 aromatic carbocycles. The average Bonchev–Trinajstić information content (AvgIpc) is 2.61. The number of rotatable bonds is 6. The van der Waals surface area contributed by atoms with Crippen LogP contribution in [0.2, 0.25) is 0 Å². The van der Waals surface area contributed by atoms with Crippen molar-refractivity contribution in [2.45, 2.75) is 31.3 Å². The fourth-order valence-electron chi connectivity index (χ4n) is 1.85. The van der Waals surface area contributed by atoms with Gasteiger partial charge in [-0.25, -0.2) is 4.57 Å². The summed E-state index contributed by atoms with van der Waals surface area (Å²) >= 11 is 0. The molecule has 3 N–H and O–H groups in total. The van der Waals surface area contributed by atoms with E-state index in [-0.39, 0.29) is 0 Å². The summed E-state index contributed by atoms with van der Waals surface area (Å²) < 4.78 is 42.1. The molecule has 0 saturated carbocycles. The van der Waals surface area contributed by atoms with Crippen molar-refractivity contribution in [1.82, 2.24) is 0 Å². The lowest BCUT2D eigenvalue weighted by Gasteiger charge is -2.22. The molecule has 1 aliphatic rings. The lowest BCUT2D eigenvalue weighted by molar-refractivity contribution is -0.00539. The maximum absolute atomic E-state index is 11.5. The summed E-state index contributed by atoms with van der Waals surface area (Å²) in [4.78, 5) is 27.0. The van der Waals surface area contributed by atoms with Crippen molar-refractivity contribution in [2.75, 3.05) is 14.2 Å². The fraction of sp³-hybridized carbons (Fsp3) is 0.778. The first-order valence-corrected chi connectivity index (χ1v) is 8.77. The van der Waals surface area contributed by atoms with Crippen LogP contribution in [0.3, 0.4) is 0 Å². The van der Waals surface area contributed by atoms with Crippen molar-refractivity contribution in [2.24, 2.45) is 0 Å². The number of phosphoric acid groups is 1. The summed E-state index contributed by atoms with van der Waals surface area (Å²) in [5.41, 5.74) is 0. The van der Waals surface area contributed by atoms with Crippen LogP contribution in [0.15, 0.2) is 11.9 Å². The van der Waals surface area contributed by atoms with Gasteiger partial charge in [-0.15, -0.1) is 0 Å². The molecule has 5 atom stereocenters. The van der Waals surface area contributed by atoms with Gasteiger partial charge in [0.05, 0.1) is 6.10 Å². The van der Waals surface area contributed by atoms with Gasteiger partial charge in [0.1, 0.15) is 18.3 Å². The Hall–Kier alpha value is -0.0800. The van der Waals surface area contributed by atoms with E-state index in [1.807, 2.05) is 0 Å². The summed E-state index contributed by atoms with van der Waals surface area (Å²) in [6.07, 6.45) is -2.08. The van der Waals surface area contributed by atoms with Gasteiger partial charge in [0.25, 0.3) is 0 Å². The lowest BCUT2D eigenvalue weighted by Crippen LogP contribution is -2.35. The highest BCUT2D eigenvalue weighted by Crippen LogP contribution is 2.47. The Balaban J connectivity index is 2.94. The molecular formula is C9H18O9P2. The normalized spacial score (nSPS) is 34.5. The Kier molecular flexibility index (Phi) is 6.10. The molecule has 0 aromatic rings. The standard InChI is InChI=1S/C9H18O9P2/c1-6-8(15-2)9(18-20(13,14)16-3)7(17-6)4-5-19(10,11)12/h4-9H,1-3H3,(H,13,14)(H2,10,11,12)/b5-4+/t6-,7+,8?,9-/m0/s1. The van der Waals surface area contributed by atoms with Crippen LogP contribution in [-0.4, -0.2) is 53.3 Å². The van der Waals surface area contributed by atoms with Crippen LogP contribution in [-0.2, 0) is 27.7 Å². The highest BCUT2D eigenvalue weighted by atomic mass is 31.2. The first kappa shape index (κ1) is 18.0. The Morgan fingerprint density at radius 1 is 1.15 bits per heavy atom. The van der Waals surface area contributed by atoms with Crippen LogP contribution in [0.1, 0.15) is 6.92 Å². The second kappa shape index (κ2) is 6.79. The predicted molar refractivity (Wildman–Crippen MR) is 68.0 cm³/mol. The number of hydrogen-bond acceptors (Lipinski definition) is 6. The van der Waals surface area contributed by atoms with Gasteiger partial charge in [0.15, 0.2) is 0 Å². The van der Waals surface area contributed by atoms with Gasteiger partial charge in [-0.1, -0.05) is 0 Å². The van der Waals surface area contributed by atoms with Gasteiger partial charge >= 0.3 is 15.4 Å². The molecule has 1 aliphatic heterocycles. The molecule has 1 rings (SSSR count). The first-order chi connectivity index (χ1) is 9.09. The fourth-order valence-corrected chi connectivity index (χ4v) is 2.88. The van der Waals surface area contributed by atoms with Crippen molar-refractivity contribution >= 4 is 15.4 Å². The third-order valence-electron chi connectivity index (χ3n) is 2.71. The van der Waals surface area contributed by atoms with Crippen molar-refractivity contribution in [3.63, 3.8) is 0 Å². The molecule has 0 spiro atoms. The number of methoxy groups -OCH3 is 1. The van der Waals surface area contributed by atoms with Gasteiger partial charge in [-0.05, 0) is 13.0 Å². The van der Waals surface area contributed by atoms with Crippen molar-refractivity contribution in [3.05, 3.63) is 11.9 Å². The maximum atomic E-state index is 11.5. The van der Waals surface area contributed by atoms with Crippen LogP contribution in [0.4, 0.5) is 0 Å². The maximum Gasteiger partial charge on any atom is 0.472 e. The average molecular weight is 332 g/mol. The highest BCUT2D eigenvalue weighted by molar-refractivity contribution is 7.55. The molecule has 118 valence electrons. The molecule has 0 aromatic heterocycles. The summed E-state index contributed by atoms with van der Waals surface area (Å²) in [6, 6.07) is 0. The van der Waals surface area contributed by atoms with Crippen LogP contribution in [0.25, 0.3) is 0 Å². The Bertz CT molecular complexity index is 445. The van der Waals surface area contributed by atoms with Crippen molar-refractivity contribution < 1.29 is 42.3 Å². The van der Waals surface area contributed by atoms with Crippen molar-refractivity contribution in [3.8, 4) is 0 Å². The summed E-state index contributed by atoms with van der Waals surface area (Å²) in [7, 11) is -6.29. The van der Waals surface area contributed by atoms with E-state index in [0.29, 0.717) is 5.82 Å². The first-order valence-electron chi connectivity index (χ1n) is 5.59. The molecule has 1 saturated heterocycles.